The number of aryl methyl sites for hydroxylation is 1. The lowest BCUT2D eigenvalue weighted by molar-refractivity contribution is -0.122. The summed E-state index contributed by atoms with van der Waals surface area (Å²) in [6.07, 6.45) is 0. The summed E-state index contributed by atoms with van der Waals surface area (Å²) in [6.45, 7) is 7.51. The van der Waals surface area contributed by atoms with Gasteiger partial charge in [-0.3, -0.25) is 9.59 Å². The normalized spacial score (nSPS) is 11.1. The van der Waals surface area contributed by atoms with Crippen LogP contribution >= 0.6 is 0 Å². The van der Waals surface area contributed by atoms with E-state index >= 15 is 0 Å². The maximum absolute atomic E-state index is 12.4. The minimum Gasteiger partial charge on any atom is -0.398 e. The average Bonchev–Trinajstić information content (AvgIpc) is 2.25. The minimum atomic E-state index is -0.317. The second-order valence-electron chi connectivity index (χ2n) is 6.00. The van der Waals surface area contributed by atoms with E-state index in [0.717, 1.165) is 5.56 Å². The Morgan fingerprint density at radius 1 is 1.30 bits per heavy atom. The number of nitrogens with zero attached hydrogens (tertiary/aromatic N) is 1. The Labute approximate surface area is 120 Å². The Hall–Kier alpha value is -2.04. The standard InChI is InChI=1S/C15H23N3O2/c1-10-7-6-8-11(16)13(10)14(20)18(5)9-12(19)17-15(2,3)4/h6-8H,9,16H2,1-5H3,(H,17,19). The van der Waals surface area contributed by atoms with E-state index in [0.29, 0.717) is 11.3 Å². The lowest BCUT2D eigenvalue weighted by Gasteiger charge is -2.24. The summed E-state index contributed by atoms with van der Waals surface area (Å²) in [5, 5.41) is 2.82. The number of likely N-dealkylation sites (N-methyl/N-ethyl adjacent to an activating group) is 1. The summed E-state index contributed by atoms with van der Waals surface area (Å²) in [4.78, 5) is 25.6. The SMILES string of the molecule is Cc1cccc(N)c1C(=O)N(C)CC(=O)NC(C)(C)C. The second-order valence-corrected chi connectivity index (χ2v) is 6.00. The predicted molar refractivity (Wildman–Crippen MR) is 80.4 cm³/mol. The number of benzene rings is 1. The summed E-state index contributed by atoms with van der Waals surface area (Å²) in [5.74, 6) is -0.440. The van der Waals surface area contributed by atoms with Gasteiger partial charge in [-0.15, -0.1) is 0 Å². The van der Waals surface area contributed by atoms with E-state index in [1.807, 2.05) is 33.8 Å². The summed E-state index contributed by atoms with van der Waals surface area (Å²) in [6, 6.07) is 5.31. The third-order valence-electron chi connectivity index (χ3n) is 2.76. The summed E-state index contributed by atoms with van der Waals surface area (Å²) in [7, 11) is 1.59. The van der Waals surface area contributed by atoms with Crippen LogP contribution in [0.3, 0.4) is 0 Å². The molecule has 5 heteroatoms. The maximum Gasteiger partial charge on any atom is 0.256 e. The lowest BCUT2D eigenvalue weighted by atomic mass is 10.1. The van der Waals surface area contributed by atoms with Crippen LogP contribution in [0.5, 0.6) is 0 Å². The molecule has 2 amide bonds. The molecule has 110 valence electrons. The van der Waals surface area contributed by atoms with Crippen molar-refractivity contribution >= 4 is 17.5 Å². The molecule has 0 heterocycles. The minimum absolute atomic E-state index is 0.00385. The van der Waals surface area contributed by atoms with E-state index in [4.69, 9.17) is 5.73 Å². The van der Waals surface area contributed by atoms with Crippen LogP contribution < -0.4 is 11.1 Å². The summed E-state index contributed by atoms with van der Waals surface area (Å²) < 4.78 is 0. The van der Waals surface area contributed by atoms with Crippen molar-refractivity contribution < 1.29 is 9.59 Å². The van der Waals surface area contributed by atoms with Crippen LogP contribution in [0, 0.1) is 6.92 Å². The molecular formula is C15H23N3O2. The van der Waals surface area contributed by atoms with Crippen molar-refractivity contribution in [3.8, 4) is 0 Å². The Morgan fingerprint density at radius 3 is 2.40 bits per heavy atom. The maximum atomic E-state index is 12.4. The highest BCUT2D eigenvalue weighted by Crippen LogP contribution is 2.17. The molecule has 1 aromatic carbocycles. The van der Waals surface area contributed by atoms with E-state index in [1.54, 1.807) is 19.2 Å². The number of nitrogens with one attached hydrogen (secondary N) is 1. The van der Waals surface area contributed by atoms with Crippen molar-refractivity contribution in [3.05, 3.63) is 29.3 Å². The molecule has 0 aliphatic heterocycles. The first-order chi connectivity index (χ1) is 9.11. The number of hydrogen-bond donors (Lipinski definition) is 2. The van der Waals surface area contributed by atoms with Gasteiger partial charge in [0.25, 0.3) is 5.91 Å². The Bertz CT molecular complexity index is 498. The number of anilines is 1. The van der Waals surface area contributed by atoms with Gasteiger partial charge in [0.2, 0.25) is 5.91 Å². The molecule has 0 bridgehead atoms. The zero-order chi connectivity index (χ0) is 15.5. The Balaban J connectivity index is 2.80. The van der Waals surface area contributed by atoms with Crippen molar-refractivity contribution in [2.75, 3.05) is 19.3 Å². The fourth-order valence-corrected chi connectivity index (χ4v) is 1.92. The molecule has 0 fully saturated rings. The molecule has 0 aromatic heterocycles. The molecule has 0 saturated heterocycles. The van der Waals surface area contributed by atoms with Crippen molar-refractivity contribution in [2.24, 2.45) is 0 Å². The Kier molecular flexibility index (Phi) is 4.76. The second kappa shape index (κ2) is 5.94. The van der Waals surface area contributed by atoms with Crippen LogP contribution in [0.4, 0.5) is 5.69 Å². The largest absolute Gasteiger partial charge is 0.398 e. The van der Waals surface area contributed by atoms with Crippen LogP contribution in [0.2, 0.25) is 0 Å². The van der Waals surface area contributed by atoms with Crippen LogP contribution in [0.15, 0.2) is 18.2 Å². The number of nitrogen functional groups attached to an aromatic ring is 1. The molecule has 5 nitrogen and oxygen atoms in total. The number of carbonyl (C=O) groups is 2. The lowest BCUT2D eigenvalue weighted by Crippen LogP contribution is -2.46. The molecule has 0 unspecified atom stereocenters. The highest BCUT2D eigenvalue weighted by molar-refractivity contribution is 6.01. The molecule has 1 rings (SSSR count). The number of rotatable bonds is 3. The van der Waals surface area contributed by atoms with Crippen LogP contribution in [-0.4, -0.2) is 35.8 Å². The van der Waals surface area contributed by atoms with Gasteiger partial charge in [0.05, 0.1) is 12.1 Å². The van der Waals surface area contributed by atoms with Crippen molar-refractivity contribution in [2.45, 2.75) is 33.2 Å². The van der Waals surface area contributed by atoms with Crippen molar-refractivity contribution in [3.63, 3.8) is 0 Å². The molecule has 0 spiro atoms. The van der Waals surface area contributed by atoms with Crippen molar-refractivity contribution in [1.82, 2.24) is 10.2 Å². The molecular weight excluding hydrogens is 254 g/mol. The van der Waals surface area contributed by atoms with Gasteiger partial charge in [0.1, 0.15) is 0 Å². The zero-order valence-corrected chi connectivity index (χ0v) is 12.8. The van der Waals surface area contributed by atoms with Gasteiger partial charge in [0, 0.05) is 18.3 Å². The summed E-state index contributed by atoms with van der Waals surface area (Å²) in [5.41, 5.74) is 7.22. The molecule has 0 radical (unpaired) electrons. The predicted octanol–water partition coefficient (Wildman–Crippen LogP) is 1.56. The highest BCUT2D eigenvalue weighted by Gasteiger charge is 2.21. The van der Waals surface area contributed by atoms with Gasteiger partial charge in [-0.05, 0) is 39.3 Å². The number of nitrogens with two attached hydrogens (primary N) is 1. The molecule has 20 heavy (non-hydrogen) atoms. The van der Waals surface area contributed by atoms with Gasteiger partial charge < -0.3 is 16.0 Å². The third-order valence-corrected chi connectivity index (χ3v) is 2.76. The molecule has 1 aromatic rings. The van der Waals surface area contributed by atoms with E-state index in [9.17, 15) is 9.59 Å². The van der Waals surface area contributed by atoms with E-state index in [2.05, 4.69) is 5.32 Å². The number of carbonyl (C=O) groups excluding carboxylic acids is 2. The topological polar surface area (TPSA) is 75.4 Å². The Morgan fingerprint density at radius 2 is 1.90 bits per heavy atom. The van der Waals surface area contributed by atoms with Gasteiger partial charge in [-0.25, -0.2) is 0 Å². The van der Waals surface area contributed by atoms with Gasteiger partial charge >= 0.3 is 0 Å². The number of hydrogen-bond acceptors (Lipinski definition) is 3. The monoisotopic (exact) mass is 277 g/mol. The zero-order valence-electron chi connectivity index (χ0n) is 12.8. The fraction of sp³-hybridized carbons (Fsp3) is 0.467. The van der Waals surface area contributed by atoms with Gasteiger partial charge in [0.15, 0.2) is 0 Å². The number of amides is 2. The van der Waals surface area contributed by atoms with Crippen LogP contribution in [-0.2, 0) is 4.79 Å². The molecule has 0 saturated carbocycles. The molecule has 3 N–H and O–H groups in total. The van der Waals surface area contributed by atoms with Crippen LogP contribution in [0.1, 0.15) is 36.7 Å². The van der Waals surface area contributed by atoms with Crippen molar-refractivity contribution in [1.29, 1.82) is 0 Å². The van der Waals surface area contributed by atoms with E-state index < -0.39 is 0 Å². The quantitative estimate of drug-likeness (QED) is 0.823. The van der Waals surface area contributed by atoms with Gasteiger partial charge in [-0.2, -0.15) is 0 Å². The molecule has 0 aliphatic carbocycles. The van der Waals surface area contributed by atoms with E-state index in [1.165, 1.54) is 4.90 Å². The van der Waals surface area contributed by atoms with Crippen LogP contribution in [0.25, 0.3) is 0 Å². The highest BCUT2D eigenvalue weighted by atomic mass is 16.2. The van der Waals surface area contributed by atoms with Gasteiger partial charge in [-0.1, -0.05) is 12.1 Å². The average molecular weight is 277 g/mol. The van der Waals surface area contributed by atoms with E-state index in [-0.39, 0.29) is 23.9 Å². The fourth-order valence-electron chi connectivity index (χ4n) is 1.92. The molecule has 0 atom stereocenters. The first-order valence-corrected chi connectivity index (χ1v) is 6.53. The first-order valence-electron chi connectivity index (χ1n) is 6.53. The smallest absolute Gasteiger partial charge is 0.256 e. The summed E-state index contributed by atoms with van der Waals surface area (Å²) >= 11 is 0. The molecule has 0 aliphatic rings. The third kappa shape index (κ3) is 4.26. The first kappa shape index (κ1) is 16.0.